The van der Waals surface area contributed by atoms with Gasteiger partial charge in [0.1, 0.15) is 18.1 Å². The summed E-state index contributed by atoms with van der Waals surface area (Å²) in [4.78, 5) is 23.6. The van der Waals surface area contributed by atoms with Crippen LogP contribution >= 0.6 is 0 Å². The minimum Gasteiger partial charge on any atom is -0.326 e. The number of halogens is 2. The topological polar surface area (TPSA) is 58.2 Å². The summed E-state index contributed by atoms with van der Waals surface area (Å²) in [7, 11) is 0. The predicted octanol–water partition coefficient (Wildman–Crippen LogP) is 3.55. The summed E-state index contributed by atoms with van der Waals surface area (Å²) in [6.45, 7) is 3.79. The van der Waals surface area contributed by atoms with E-state index in [0.717, 1.165) is 23.3 Å². The van der Waals surface area contributed by atoms with Crippen molar-refractivity contribution in [2.24, 2.45) is 0 Å². The van der Waals surface area contributed by atoms with E-state index in [-0.39, 0.29) is 5.69 Å². The molecule has 2 N–H and O–H groups in total. The number of amides is 2. The summed E-state index contributed by atoms with van der Waals surface area (Å²) < 4.78 is 26.2. The molecule has 2 rings (SSSR count). The van der Waals surface area contributed by atoms with Gasteiger partial charge in [0.25, 0.3) is 0 Å². The van der Waals surface area contributed by atoms with E-state index in [9.17, 15) is 18.4 Å². The molecule has 0 radical (unpaired) electrons. The summed E-state index contributed by atoms with van der Waals surface area (Å²) >= 11 is 0. The monoisotopic (exact) mass is 318 g/mol. The molecule has 0 aromatic heterocycles. The average Bonchev–Trinajstić information content (AvgIpc) is 2.40. The summed E-state index contributed by atoms with van der Waals surface area (Å²) in [6, 6.07) is 8.30. The Labute approximate surface area is 132 Å². The molecule has 120 valence electrons. The Morgan fingerprint density at radius 3 is 2.13 bits per heavy atom. The van der Waals surface area contributed by atoms with Crippen molar-refractivity contribution in [3.63, 3.8) is 0 Å². The van der Waals surface area contributed by atoms with Crippen LogP contribution in [-0.2, 0) is 9.59 Å². The van der Waals surface area contributed by atoms with Gasteiger partial charge in [0, 0.05) is 11.8 Å². The number of carbonyl (C=O) groups excluding carboxylic acids is 2. The Hall–Kier alpha value is -2.76. The Kier molecular flexibility index (Phi) is 5.05. The highest BCUT2D eigenvalue weighted by Gasteiger charge is 2.12. The van der Waals surface area contributed by atoms with Crippen LogP contribution in [0, 0.1) is 25.5 Å². The Morgan fingerprint density at radius 2 is 1.52 bits per heavy atom. The average molecular weight is 318 g/mol. The molecule has 0 saturated heterocycles. The van der Waals surface area contributed by atoms with E-state index < -0.39 is 29.9 Å². The van der Waals surface area contributed by atoms with Crippen molar-refractivity contribution in [1.29, 1.82) is 0 Å². The van der Waals surface area contributed by atoms with Crippen LogP contribution in [0.2, 0.25) is 0 Å². The molecule has 23 heavy (non-hydrogen) atoms. The Bertz CT molecular complexity index is 740. The number of anilines is 2. The van der Waals surface area contributed by atoms with E-state index in [4.69, 9.17) is 0 Å². The number of carbonyl (C=O) groups is 2. The van der Waals surface area contributed by atoms with Gasteiger partial charge >= 0.3 is 0 Å². The maximum absolute atomic E-state index is 13.4. The molecular formula is C17H16F2N2O2. The first kappa shape index (κ1) is 16.6. The molecule has 2 amide bonds. The van der Waals surface area contributed by atoms with Gasteiger partial charge in [-0.1, -0.05) is 6.07 Å². The standard InChI is InChI=1S/C17H16F2N2O2/c1-10-5-11(2)7-13(6-10)20-16(22)9-17(23)21-15-4-3-12(18)8-14(15)19/h3-8H,9H2,1-2H3,(H,20,22)(H,21,23). The van der Waals surface area contributed by atoms with Crippen molar-refractivity contribution in [2.45, 2.75) is 20.3 Å². The molecule has 0 heterocycles. The summed E-state index contributed by atoms with van der Waals surface area (Å²) in [5.74, 6) is -2.84. The second-order valence-corrected chi connectivity index (χ2v) is 5.27. The zero-order valence-corrected chi connectivity index (χ0v) is 12.7. The quantitative estimate of drug-likeness (QED) is 0.847. The molecule has 0 unspecified atom stereocenters. The number of rotatable bonds is 4. The number of hydrogen-bond donors (Lipinski definition) is 2. The van der Waals surface area contributed by atoms with Gasteiger partial charge < -0.3 is 10.6 Å². The largest absolute Gasteiger partial charge is 0.326 e. The number of benzene rings is 2. The van der Waals surface area contributed by atoms with Crippen molar-refractivity contribution in [1.82, 2.24) is 0 Å². The van der Waals surface area contributed by atoms with Crippen LogP contribution in [-0.4, -0.2) is 11.8 Å². The number of nitrogens with one attached hydrogen (secondary N) is 2. The van der Waals surface area contributed by atoms with Gasteiger partial charge in [0.05, 0.1) is 5.69 Å². The highest BCUT2D eigenvalue weighted by Crippen LogP contribution is 2.16. The van der Waals surface area contributed by atoms with E-state index in [1.54, 1.807) is 12.1 Å². The number of hydrogen-bond acceptors (Lipinski definition) is 2. The van der Waals surface area contributed by atoms with Gasteiger partial charge in [-0.05, 0) is 49.2 Å². The minimum absolute atomic E-state index is 0.171. The second-order valence-electron chi connectivity index (χ2n) is 5.27. The van der Waals surface area contributed by atoms with Crippen LogP contribution in [0.15, 0.2) is 36.4 Å². The van der Waals surface area contributed by atoms with Gasteiger partial charge in [0.15, 0.2) is 0 Å². The van der Waals surface area contributed by atoms with Crippen LogP contribution < -0.4 is 10.6 Å². The molecule has 0 aliphatic heterocycles. The molecule has 0 spiro atoms. The maximum atomic E-state index is 13.4. The first-order valence-corrected chi connectivity index (χ1v) is 6.96. The van der Waals surface area contributed by atoms with Gasteiger partial charge in [-0.3, -0.25) is 9.59 Å². The van der Waals surface area contributed by atoms with Crippen molar-refractivity contribution in [2.75, 3.05) is 10.6 Å². The molecular weight excluding hydrogens is 302 g/mol. The smallest absolute Gasteiger partial charge is 0.233 e. The van der Waals surface area contributed by atoms with Crippen LogP contribution in [0.25, 0.3) is 0 Å². The first-order valence-electron chi connectivity index (χ1n) is 6.96. The molecule has 0 saturated carbocycles. The van der Waals surface area contributed by atoms with E-state index in [0.29, 0.717) is 11.8 Å². The highest BCUT2D eigenvalue weighted by molar-refractivity contribution is 6.08. The lowest BCUT2D eigenvalue weighted by molar-refractivity contribution is -0.123. The van der Waals surface area contributed by atoms with E-state index in [1.807, 2.05) is 19.9 Å². The molecule has 2 aromatic carbocycles. The van der Waals surface area contributed by atoms with Crippen LogP contribution in [0.5, 0.6) is 0 Å². The van der Waals surface area contributed by atoms with Crippen molar-refractivity contribution < 1.29 is 18.4 Å². The van der Waals surface area contributed by atoms with Crippen molar-refractivity contribution in [3.8, 4) is 0 Å². The zero-order valence-electron chi connectivity index (χ0n) is 12.7. The summed E-state index contributed by atoms with van der Waals surface area (Å²) in [6.07, 6.45) is -0.468. The molecule has 0 aliphatic carbocycles. The van der Waals surface area contributed by atoms with E-state index in [1.165, 1.54) is 0 Å². The van der Waals surface area contributed by atoms with Crippen LogP contribution in [0.3, 0.4) is 0 Å². The predicted molar refractivity (Wildman–Crippen MR) is 84.2 cm³/mol. The van der Waals surface area contributed by atoms with Crippen LogP contribution in [0.4, 0.5) is 20.2 Å². The third-order valence-electron chi connectivity index (χ3n) is 3.03. The molecule has 6 heteroatoms. The van der Waals surface area contributed by atoms with Gasteiger partial charge in [0.2, 0.25) is 11.8 Å². The SMILES string of the molecule is Cc1cc(C)cc(NC(=O)CC(=O)Nc2ccc(F)cc2F)c1. The lowest BCUT2D eigenvalue weighted by Crippen LogP contribution is -2.22. The fourth-order valence-corrected chi connectivity index (χ4v) is 2.18. The van der Waals surface area contributed by atoms with Gasteiger partial charge in [-0.15, -0.1) is 0 Å². The first-order chi connectivity index (χ1) is 10.8. The molecule has 4 nitrogen and oxygen atoms in total. The Morgan fingerprint density at radius 1 is 0.913 bits per heavy atom. The van der Waals surface area contributed by atoms with Crippen molar-refractivity contribution >= 4 is 23.2 Å². The normalized spacial score (nSPS) is 10.3. The lowest BCUT2D eigenvalue weighted by atomic mass is 10.1. The third-order valence-corrected chi connectivity index (χ3v) is 3.03. The fourth-order valence-electron chi connectivity index (χ4n) is 2.18. The summed E-state index contributed by atoms with van der Waals surface area (Å²) in [5, 5.41) is 4.85. The van der Waals surface area contributed by atoms with E-state index in [2.05, 4.69) is 10.6 Å². The molecule has 0 bridgehead atoms. The summed E-state index contributed by atoms with van der Waals surface area (Å²) in [5.41, 5.74) is 2.39. The molecule has 0 atom stereocenters. The second kappa shape index (κ2) is 7.00. The third kappa shape index (κ3) is 4.88. The number of aryl methyl sites for hydroxylation is 2. The van der Waals surface area contributed by atoms with E-state index >= 15 is 0 Å². The minimum atomic E-state index is -0.895. The Balaban J connectivity index is 1.95. The molecule has 2 aromatic rings. The molecule has 0 aliphatic rings. The maximum Gasteiger partial charge on any atom is 0.233 e. The molecule has 0 fully saturated rings. The fraction of sp³-hybridized carbons (Fsp3) is 0.176. The lowest BCUT2D eigenvalue weighted by Gasteiger charge is -2.09. The highest BCUT2D eigenvalue weighted by atomic mass is 19.1. The zero-order chi connectivity index (χ0) is 17.0. The van der Waals surface area contributed by atoms with Crippen LogP contribution in [0.1, 0.15) is 17.5 Å². The van der Waals surface area contributed by atoms with Crippen molar-refractivity contribution in [3.05, 3.63) is 59.2 Å². The van der Waals surface area contributed by atoms with Gasteiger partial charge in [-0.2, -0.15) is 0 Å². The van der Waals surface area contributed by atoms with Gasteiger partial charge in [-0.25, -0.2) is 8.78 Å².